The SMILES string of the molecule is CN(C)c1cccc(Oc2cc(NN)cc([N+](=O)[O-])c2)c1. The van der Waals surface area contributed by atoms with Crippen LogP contribution in [0.3, 0.4) is 0 Å². The maximum atomic E-state index is 10.9. The van der Waals surface area contributed by atoms with Gasteiger partial charge in [-0.05, 0) is 12.1 Å². The van der Waals surface area contributed by atoms with Crippen LogP contribution in [0, 0.1) is 10.1 Å². The van der Waals surface area contributed by atoms with E-state index in [2.05, 4.69) is 5.43 Å². The van der Waals surface area contributed by atoms with Crippen LogP contribution in [0.15, 0.2) is 42.5 Å². The zero-order valence-electron chi connectivity index (χ0n) is 11.7. The summed E-state index contributed by atoms with van der Waals surface area (Å²) in [6.45, 7) is 0. The molecule has 0 aliphatic carbocycles. The van der Waals surface area contributed by atoms with Crippen LogP contribution in [-0.2, 0) is 0 Å². The van der Waals surface area contributed by atoms with Gasteiger partial charge >= 0.3 is 0 Å². The number of non-ortho nitro benzene ring substituents is 1. The van der Waals surface area contributed by atoms with Crippen LogP contribution in [0.25, 0.3) is 0 Å². The minimum atomic E-state index is -0.496. The molecule has 0 aliphatic rings. The fourth-order valence-corrected chi connectivity index (χ4v) is 1.79. The van der Waals surface area contributed by atoms with Crippen molar-refractivity contribution >= 4 is 17.1 Å². The first-order chi connectivity index (χ1) is 9.99. The Hall–Kier alpha value is -2.80. The van der Waals surface area contributed by atoms with E-state index in [0.717, 1.165) is 5.69 Å². The number of hydrogen-bond donors (Lipinski definition) is 2. The van der Waals surface area contributed by atoms with E-state index in [0.29, 0.717) is 17.2 Å². The lowest BCUT2D eigenvalue weighted by molar-refractivity contribution is -0.384. The van der Waals surface area contributed by atoms with Crippen molar-refractivity contribution < 1.29 is 9.66 Å². The van der Waals surface area contributed by atoms with E-state index in [1.807, 2.05) is 37.2 Å². The average molecular weight is 288 g/mol. The van der Waals surface area contributed by atoms with Crippen LogP contribution < -0.4 is 20.9 Å². The third kappa shape index (κ3) is 3.61. The van der Waals surface area contributed by atoms with Gasteiger partial charge in [-0.15, -0.1) is 0 Å². The zero-order valence-corrected chi connectivity index (χ0v) is 11.7. The molecule has 0 spiro atoms. The minimum absolute atomic E-state index is 0.0933. The summed E-state index contributed by atoms with van der Waals surface area (Å²) >= 11 is 0. The summed E-state index contributed by atoms with van der Waals surface area (Å²) in [5, 5.41) is 10.9. The van der Waals surface area contributed by atoms with Crippen LogP contribution >= 0.6 is 0 Å². The Morgan fingerprint density at radius 2 is 1.95 bits per heavy atom. The molecule has 21 heavy (non-hydrogen) atoms. The molecular weight excluding hydrogens is 272 g/mol. The summed E-state index contributed by atoms with van der Waals surface area (Å²) in [5.74, 6) is 6.24. The predicted molar refractivity (Wildman–Crippen MR) is 81.7 cm³/mol. The Kier molecular flexibility index (Phi) is 4.24. The van der Waals surface area contributed by atoms with Crippen molar-refractivity contribution in [1.82, 2.24) is 0 Å². The molecule has 2 aromatic rings. The van der Waals surface area contributed by atoms with Gasteiger partial charge in [0.2, 0.25) is 0 Å². The Labute approximate surface area is 122 Å². The molecule has 0 amide bonds. The van der Waals surface area contributed by atoms with E-state index < -0.39 is 4.92 Å². The van der Waals surface area contributed by atoms with Gasteiger partial charge in [0.25, 0.3) is 5.69 Å². The second-order valence-corrected chi connectivity index (χ2v) is 4.61. The third-order valence-corrected chi connectivity index (χ3v) is 2.84. The highest BCUT2D eigenvalue weighted by Crippen LogP contribution is 2.30. The fraction of sp³-hybridized carbons (Fsp3) is 0.143. The number of nitrogens with zero attached hydrogens (tertiary/aromatic N) is 2. The van der Waals surface area contributed by atoms with E-state index in [1.54, 1.807) is 12.1 Å². The van der Waals surface area contributed by atoms with Crippen molar-refractivity contribution in [2.24, 2.45) is 5.84 Å². The minimum Gasteiger partial charge on any atom is -0.457 e. The van der Waals surface area contributed by atoms with E-state index >= 15 is 0 Å². The Balaban J connectivity index is 2.32. The van der Waals surface area contributed by atoms with Gasteiger partial charge in [0.05, 0.1) is 16.7 Å². The Bertz CT molecular complexity index is 658. The molecule has 0 saturated carbocycles. The van der Waals surface area contributed by atoms with Crippen LogP contribution in [0.2, 0.25) is 0 Å². The summed E-state index contributed by atoms with van der Waals surface area (Å²) < 4.78 is 5.68. The normalized spacial score (nSPS) is 10.0. The second kappa shape index (κ2) is 6.10. The van der Waals surface area contributed by atoms with E-state index in [4.69, 9.17) is 10.6 Å². The quantitative estimate of drug-likeness (QED) is 0.499. The van der Waals surface area contributed by atoms with Gasteiger partial charge in [0.15, 0.2) is 0 Å². The summed E-state index contributed by atoms with van der Waals surface area (Å²) in [4.78, 5) is 12.3. The summed E-state index contributed by atoms with van der Waals surface area (Å²) in [6.07, 6.45) is 0. The number of rotatable bonds is 5. The first-order valence-corrected chi connectivity index (χ1v) is 6.21. The smallest absolute Gasteiger partial charge is 0.275 e. The van der Waals surface area contributed by atoms with Crippen molar-refractivity contribution in [1.29, 1.82) is 0 Å². The summed E-state index contributed by atoms with van der Waals surface area (Å²) in [5.41, 5.74) is 3.67. The molecule has 0 unspecified atom stereocenters. The van der Waals surface area contributed by atoms with Crippen molar-refractivity contribution in [3.8, 4) is 11.5 Å². The topological polar surface area (TPSA) is 93.7 Å². The lowest BCUT2D eigenvalue weighted by Gasteiger charge is -2.14. The van der Waals surface area contributed by atoms with E-state index in [9.17, 15) is 10.1 Å². The van der Waals surface area contributed by atoms with E-state index in [-0.39, 0.29) is 5.69 Å². The van der Waals surface area contributed by atoms with Crippen LogP contribution in [0.5, 0.6) is 11.5 Å². The maximum Gasteiger partial charge on any atom is 0.275 e. The highest BCUT2D eigenvalue weighted by atomic mass is 16.6. The van der Waals surface area contributed by atoms with Gasteiger partial charge in [-0.3, -0.25) is 16.0 Å². The van der Waals surface area contributed by atoms with Crippen molar-refractivity contribution in [2.75, 3.05) is 24.4 Å². The van der Waals surface area contributed by atoms with Gasteiger partial charge in [-0.2, -0.15) is 0 Å². The number of hydrazine groups is 1. The molecule has 7 heteroatoms. The molecule has 110 valence electrons. The molecule has 0 aliphatic heterocycles. The number of nitrogens with one attached hydrogen (secondary N) is 1. The number of anilines is 2. The molecule has 2 aromatic carbocycles. The molecule has 7 nitrogen and oxygen atoms in total. The number of hydrogen-bond acceptors (Lipinski definition) is 6. The van der Waals surface area contributed by atoms with Crippen LogP contribution in [0.4, 0.5) is 17.1 Å². The molecule has 0 heterocycles. The molecule has 0 radical (unpaired) electrons. The van der Waals surface area contributed by atoms with Gasteiger partial charge in [0.1, 0.15) is 11.5 Å². The van der Waals surface area contributed by atoms with Gasteiger partial charge in [-0.25, -0.2) is 0 Å². The lowest BCUT2D eigenvalue weighted by Crippen LogP contribution is -2.08. The number of nitrogens with two attached hydrogens (primary N) is 1. The molecule has 0 saturated heterocycles. The van der Waals surface area contributed by atoms with Crippen molar-refractivity contribution in [3.05, 3.63) is 52.6 Å². The number of nitro benzene ring substituents is 1. The second-order valence-electron chi connectivity index (χ2n) is 4.61. The third-order valence-electron chi connectivity index (χ3n) is 2.84. The highest BCUT2D eigenvalue weighted by Gasteiger charge is 2.11. The zero-order chi connectivity index (χ0) is 15.4. The van der Waals surface area contributed by atoms with Crippen molar-refractivity contribution in [3.63, 3.8) is 0 Å². The van der Waals surface area contributed by atoms with Gasteiger partial charge < -0.3 is 15.1 Å². The predicted octanol–water partition coefficient (Wildman–Crippen LogP) is 2.74. The van der Waals surface area contributed by atoms with E-state index in [1.165, 1.54) is 12.1 Å². The molecule has 2 rings (SSSR count). The largest absolute Gasteiger partial charge is 0.457 e. The molecule has 0 fully saturated rings. The monoisotopic (exact) mass is 288 g/mol. The maximum absolute atomic E-state index is 10.9. The molecule has 0 atom stereocenters. The Morgan fingerprint density at radius 1 is 1.19 bits per heavy atom. The number of ether oxygens (including phenoxy) is 1. The first kappa shape index (κ1) is 14.6. The lowest BCUT2D eigenvalue weighted by atomic mass is 10.2. The summed E-state index contributed by atoms with van der Waals surface area (Å²) in [7, 11) is 3.84. The number of nitrogen functional groups attached to an aromatic ring is 1. The Morgan fingerprint density at radius 3 is 2.57 bits per heavy atom. The molecule has 0 aromatic heterocycles. The number of nitro groups is 1. The standard InChI is InChI=1S/C14H16N4O3/c1-17(2)11-4-3-5-13(8-11)21-14-7-10(16-15)6-12(9-14)18(19)20/h3-9,16H,15H2,1-2H3. The fourth-order valence-electron chi connectivity index (χ4n) is 1.79. The summed E-state index contributed by atoms with van der Waals surface area (Å²) in [6, 6.07) is 11.7. The van der Waals surface area contributed by atoms with Crippen molar-refractivity contribution in [2.45, 2.75) is 0 Å². The molecule has 3 N–H and O–H groups in total. The molecular formula is C14H16N4O3. The van der Waals surface area contributed by atoms with Gasteiger partial charge in [-0.1, -0.05) is 6.07 Å². The molecule has 0 bridgehead atoms. The van der Waals surface area contributed by atoms with Crippen LogP contribution in [0.1, 0.15) is 0 Å². The average Bonchev–Trinajstić information content (AvgIpc) is 2.47. The first-order valence-electron chi connectivity index (χ1n) is 6.21. The van der Waals surface area contributed by atoms with Gasteiger partial charge in [0, 0.05) is 38.0 Å². The number of benzene rings is 2. The van der Waals surface area contributed by atoms with Crippen LogP contribution in [-0.4, -0.2) is 19.0 Å². The highest BCUT2D eigenvalue weighted by molar-refractivity contribution is 5.57.